The molecule has 2 aromatic carbocycles. The minimum atomic E-state index is -5.21. The van der Waals surface area contributed by atoms with Gasteiger partial charge in [-0.3, -0.25) is 23.2 Å². The fourth-order valence-electron chi connectivity index (χ4n) is 7.50. The molecule has 0 bridgehead atoms. The molecular weight excluding hydrogens is 1040 g/mol. The van der Waals surface area contributed by atoms with Crippen molar-refractivity contribution in [2.75, 3.05) is 16.8 Å². The second-order valence-electron chi connectivity index (χ2n) is 16.4. The van der Waals surface area contributed by atoms with Crippen LogP contribution in [0.15, 0.2) is 42.5 Å². The van der Waals surface area contributed by atoms with E-state index in [9.17, 15) is 63.0 Å². The third-order valence-electron chi connectivity index (χ3n) is 10.6. The number of hydrogen-bond donors (Lipinski definition) is 2. The normalized spacial score (nSPS) is 15.0. The summed E-state index contributed by atoms with van der Waals surface area (Å²) in [4.78, 5) is 43.5. The number of nitrogens with one attached hydrogen (secondary N) is 1. The monoisotopic (exact) mass is 1080 g/mol. The van der Waals surface area contributed by atoms with Gasteiger partial charge in [0, 0.05) is 52.5 Å². The van der Waals surface area contributed by atoms with E-state index < -0.39 is 164 Å². The van der Waals surface area contributed by atoms with Crippen LogP contribution in [0.1, 0.15) is 87.4 Å². The zero-order valence-corrected chi connectivity index (χ0v) is 41.4. The molecule has 3 heterocycles. The fraction of sp³-hybridized carbons (Fsp3) is 0.422. The van der Waals surface area contributed by atoms with Crippen molar-refractivity contribution in [3.05, 3.63) is 93.0 Å². The van der Waals surface area contributed by atoms with E-state index in [1.54, 1.807) is 0 Å². The van der Waals surface area contributed by atoms with E-state index in [0.29, 0.717) is 15.1 Å². The molecule has 4 unspecified atom stereocenters. The summed E-state index contributed by atoms with van der Waals surface area (Å²) in [5, 5.41) is 18.1. The van der Waals surface area contributed by atoms with Crippen LogP contribution < -0.4 is 9.62 Å². The smallest absolute Gasteiger partial charge is 0.435 e. The zero-order valence-electron chi connectivity index (χ0n) is 39.0. The molecule has 27 heteroatoms. The van der Waals surface area contributed by atoms with Crippen molar-refractivity contribution in [1.29, 1.82) is 0 Å². The molecule has 2 N–H and O–H groups in total. The highest BCUT2D eigenvalue weighted by atomic mass is 35.5. The van der Waals surface area contributed by atoms with E-state index in [-0.39, 0.29) is 32.8 Å². The van der Waals surface area contributed by atoms with Crippen LogP contribution in [-0.2, 0) is 74.1 Å². The van der Waals surface area contributed by atoms with Gasteiger partial charge in [0.05, 0.1) is 34.1 Å². The number of hydrogen-bond acceptors (Lipinski definition) is 9. The number of carboxylic acid groups (broad SMARTS) is 1. The minimum Gasteiger partial charge on any atom is -0.481 e. The third kappa shape index (κ3) is 13.1. The Balaban J connectivity index is 0.00000475. The Kier molecular flexibility index (Phi) is 17.3. The van der Waals surface area contributed by atoms with Crippen LogP contribution in [0.4, 0.5) is 54.5 Å². The first kappa shape index (κ1) is 56.8. The molecule has 5 aromatic rings. The van der Waals surface area contributed by atoms with E-state index >= 15 is 8.78 Å². The second-order valence-corrected chi connectivity index (χ2v) is 20.0. The molecule has 4 atom stereocenters. The van der Waals surface area contributed by atoms with E-state index in [0.717, 1.165) is 30.5 Å². The number of aliphatic carboxylic acids is 1. The maximum Gasteiger partial charge on any atom is 0.435 e. The van der Waals surface area contributed by atoms with Gasteiger partial charge in [-0.2, -0.15) is 49.6 Å². The number of carbonyl (C=O) groups is 3. The summed E-state index contributed by atoms with van der Waals surface area (Å²) < 4.78 is 176. The van der Waals surface area contributed by atoms with Crippen LogP contribution >= 0.6 is 11.6 Å². The van der Waals surface area contributed by atoms with Gasteiger partial charge in [-0.15, -0.1) is 0 Å². The van der Waals surface area contributed by atoms with Crippen LogP contribution in [0.3, 0.4) is 0 Å². The number of amides is 2. The van der Waals surface area contributed by atoms with Gasteiger partial charge in [-0.1, -0.05) is 37.4 Å². The summed E-state index contributed by atoms with van der Waals surface area (Å²) in [6.07, 6.45) is -14.0. The largest absolute Gasteiger partial charge is 0.481 e. The quantitative estimate of drug-likeness (QED) is 0.0804. The Bertz CT molecular complexity index is 3000. The summed E-state index contributed by atoms with van der Waals surface area (Å²) in [5.74, 6) is -4.07. The summed E-state index contributed by atoms with van der Waals surface area (Å²) in [6.45, 7) is 5.01. The molecule has 0 saturated carbocycles. The van der Waals surface area contributed by atoms with Crippen molar-refractivity contribution in [1.82, 2.24) is 29.9 Å². The van der Waals surface area contributed by atoms with Gasteiger partial charge < -0.3 is 15.2 Å². The molecular formula is C45H44ClF10N7O7S2. The first-order valence-corrected chi connectivity index (χ1v) is 24.8. The number of nitrogens with zero attached hydrogens (tertiary/aromatic N) is 6. The average Bonchev–Trinajstić information content (AvgIpc) is 3.90. The molecule has 0 spiro atoms. The van der Waals surface area contributed by atoms with Crippen LogP contribution in [-0.4, -0.2) is 85.6 Å². The summed E-state index contributed by atoms with van der Waals surface area (Å²) >= 11 is 6.64. The molecule has 0 fully saturated rings. The predicted molar refractivity (Wildman–Crippen MR) is 246 cm³/mol. The molecule has 6 rings (SSSR count). The standard InChI is InChI=1S/C43H38ClF10N7O7S2.C2H6/c1-21(14-32(63)64)68-39(65)61(70(5)67)38-33-29(44)9-8-27(35(33)60(58-38)20-42(49,50)51)26-7-6-25(10-12-40(2,3)69(4)66)55-34(26)30(17-22-15-23(45)18-24(46)16-22)56-31(62)19-59-37-28(11-13-41(37,47)48)36(57-59)43(52,53)54;1-2/h6-9,15-16,18,21,30H,11,13-14,17,19-20H2,1-5H3,(H,56,62)(H,63,64);1-2H3. The van der Waals surface area contributed by atoms with Gasteiger partial charge >= 0.3 is 24.4 Å². The van der Waals surface area contributed by atoms with E-state index in [1.807, 2.05) is 13.8 Å². The van der Waals surface area contributed by atoms with Gasteiger partial charge in [0.1, 0.15) is 57.9 Å². The van der Waals surface area contributed by atoms with E-state index in [2.05, 4.69) is 32.3 Å². The van der Waals surface area contributed by atoms with Crippen LogP contribution in [0.25, 0.3) is 22.0 Å². The van der Waals surface area contributed by atoms with Gasteiger partial charge in [0.15, 0.2) is 11.5 Å². The molecule has 1 aliphatic carbocycles. The van der Waals surface area contributed by atoms with Crippen molar-refractivity contribution in [2.45, 2.75) is 109 Å². The number of carboxylic acids is 1. The van der Waals surface area contributed by atoms with Crippen LogP contribution in [0.5, 0.6) is 0 Å². The highest BCUT2D eigenvalue weighted by molar-refractivity contribution is 7.86. The highest BCUT2D eigenvalue weighted by Crippen LogP contribution is 2.47. The summed E-state index contributed by atoms with van der Waals surface area (Å²) in [7, 11) is -4.08. The number of halogens is 11. The summed E-state index contributed by atoms with van der Waals surface area (Å²) in [6, 6.07) is 5.22. The Morgan fingerprint density at radius 2 is 1.60 bits per heavy atom. The molecule has 14 nitrogen and oxygen atoms in total. The lowest BCUT2D eigenvalue weighted by molar-refractivity contribution is -0.143. The fourth-order valence-corrected chi connectivity index (χ4v) is 8.55. The molecule has 72 heavy (non-hydrogen) atoms. The average molecular weight is 1080 g/mol. The lowest BCUT2D eigenvalue weighted by Crippen LogP contribution is -2.36. The zero-order chi connectivity index (χ0) is 54.0. The minimum absolute atomic E-state index is 0.165. The molecule has 1 aliphatic rings. The van der Waals surface area contributed by atoms with Crippen molar-refractivity contribution < 1.29 is 76.5 Å². The Morgan fingerprint density at radius 1 is 0.972 bits per heavy atom. The highest BCUT2D eigenvalue weighted by Gasteiger charge is 2.50. The van der Waals surface area contributed by atoms with Gasteiger partial charge in [0.25, 0.3) is 5.92 Å². The number of fused-ring (bicyclic) bond motifs is 2. The Labute approximate surface area is 414 Å². The van der Waals surface area contributed by atoms with Crippen molar-refractivity contribution in [2.24, 2.45) is 0 Å². The maximum atomic E-state index is 15.1. The molecule has 2 amide bonds. The summed E-state index contributed by atoms with van der Waals surface area (Å²) in [5.41, 5.74) is -5.46. The molecule has 0 aliphatic heterocycles. The number of pyridine rings is 1. The number of anilines is 1. The molecule has 0 saturated heterocycles. The first-order valence-electron chi connectivity index (χ1n) is 21.4. The van der Waals surface area contributed by atoms with E-state index in [1.165, 1.54) is 39.2 Å². The number of benzene rings is 2. The number of rotatable bonds is 14. The van der Waals surface area contributed by atoms with Crippen molar-refractivity contribution in [3.8, 4) is 23.0 Å². The number of ether oxygens (including phenoxy) is 1. The van der Waals surface area contributed by atoms with Crippen LogP contribution in [0, 0.1) is 23.5 Å². The SMILES string of the molecule is CC.CC(CC(=O)O)OC(=O)N(c1nn(CC(F)(F)F)c2c(-c3ccc(C#CC(C)(C)S(C)=O)nc3C(Cc3cc(F)cc(F)c3)NC(=O)Cn3nc(C(F)(F)F)c4c3C(F)(F)CC4)ccc(Cl)c12)S(C)=O. The van der Waals surface area contributed by atoms with E-state index in [4.69, 9.17) is 16.3 Å². The van der Waals surface area contributed by atoms with Crippen molar-refractivity contribution in [3.63, 3.8) is 0 Å². The topological polar surface area (TPSA) is 179 Å². The van der Waals surface area contributed by atoms with Crippen molar-refractivity contribution >= 4 is 68.1 Å². The Morgan fingerprint density at radius 3 is 2.17 bits per heavy atom. The number of aromatic nitrogens is 5. The van der Waals surface area contributed by atoms with Gasteiger partial charge in [-0.25, -0.2) is 22.8 Å². The molecule has 390 valence electrons. The number of carbonyl (C=O) groups excluding carboxylic acids is 2. The molecule has 0 radical (unpaired) electrons. The lowest BCUT2D eigenvalue weighted by Gasteiger charge is -2.23. The number of alkyl halides is 8. The first-order chi connectivity index (χ1) is 33.4. The Hall–Kier alpha value is -6.07. The van der Waals surface area contributed by atoms with Crippen LogP contribution in [0.2, 0.25) is 5.02 Å². The molecule has 3 aromatic heterocycles. The lowest BCUT2D eigenvalue weighted by atomic mass is 9.93. The third-order valence-corrected chi connectivity index (χ3v) is 13.3. The van der Waals surface area contributed by atoms with Gasteiger partial charge in [0.2, 0.25) is 5.91 Å². The van der Waals surface area contributed by atoms with Gasteiger partial charge in [-0.05, 0) is 75.4 Å². The maximum absolute atomic E-state index is 15.1. The predicted octanol–water partition coefficient (Wildman–Crippen LogP) is 9.58. The second kappa shape index (κ2) is 22.0.